The van der Waals surface area contributed by atoms with E-state index in [1.165, 1.54) is 0 Å². The Balaban J connectivity index is 1.66. The molecule has 1 unspecified atom stereocenters. The van der Waals surface area contributed by atoms with Gasteiger partial charge < -0.3 is 21.7 Å². The van der Waals surface area contributed by atoms with Crippen molar-refractivity contribution in [3.63, 3.8) is 0 Å². The van der Waals surface area contributed by atoms with Crippen LogP contribution < -0.4 is 27.0 Å². The number of nitriles is 2. The molecule has 3 heterocycles. The molecule has 1 aromatic carbocycles. The zero-order chi connectivity index (χ0) is 23.4. The summed E-state index contributed by atoms with van der Waals surface area (Å²) in [7, 11) is 0. The van der Waals surface area contributed by atoms with Crippen LogP contribution in [0.5, 0.6) is 0 Å². The van der Waals surface area contributed by atoms with Crippen molar-refractivity contribution in [2.45, 2.75) is 19.5 Å². The van der Waals surface area contributed by atoms with Crippen LogP contribution in [0.15, 0.2) is 41.7 Å². The molecule has 1 atom stereocenters. The van der Waals surface area contributed by atoms with E-state index in [2.05, 4.69) is 42.7 Å². The Morgan fingerprint density at radius 1 is 1.24 bits per heavy atom. The lowest BCUT2D eigenvalue weighted by Crippen LogP contribution is -2.32. The van der Waals surface area contributed by atoms with E-state index >= 15 is 0 Å². The summed E-state index contributed by atoms with van der Waals surface area (Å²) in [6.07, 6.45) is 5.33. The number of hydrogen-bond donors (Lipinski definition) is 4. The van der Waals surface area contributed by atoms with Crippen LogP contribution in [0, 0.1) is 22.8 Å². The lowest BCUT2D eigenvalue weighted by Gasteiger charge is -2.27. The molecule has 1 aliphatic heterocycles. The summed E-state index contributed by atoms with van der Waals surface area (Å²) < 4.78 is 1.79. The first-order valence-corrected chi connectivity index (χ1v) is 10.2. The van der Waals surface area contributed by atoms with Crippen molar-refractivity contribution in [3.05, 3.63) is 53.3 Å². The largest absolute Gasteiger partial charge is 0.397 e. The van der Waals surface area contributed by atoms with E-state index < -0.39 is 6.04 Å². The number of hydrogen-bond acceptors (Lipinski definition) is 11. The molecule has 0 radical (unpaired) electrons. The number of fused-ring (bicyclic) bond motifs is 1. The highest BCUT2D eigenvalue weighted by atomic mass is 15.4. The topological polar surface area (TPSA) is 183 Å². The maximum atomic E-state index is 9.46. The van der Waals surface area contributed by atoms with Crippen LogP contribution >= 0.6 is 0 Å². The summed E-state index contributed by atoms with van der Waals surface area (Å²) in [5.74, 6) is 0.589. The highest BCUT2D eigenvalue weighted by molar-refractivity contribution is 5.98. The third-order valence-electron chi connectivity index (χ3n) is 5.38. The molecular formula is C21H22N12. The second-order valence-electron chi connectivity index (χ2n) is 7.24. The number of rotatable bonds is 6. The van der Waals surface area contributed by atoms with E-state index in [4.69, 9.17) is 16.7 Å². The predicted molar refractivity (Wildman–Crippen MR) is 124 cm³/mol. The van der Waals surface area contributed by atoms with Gasteiger partial charge in [0.25, 0.3) is 0 Å². The highest BCUT2D eigenvalue weighted by Gasteiger charge is 2.29. The molecule has 12 nitrogen and oxygen atoms in total. The molecule has 12 heteroatoms. The minimum absolute atomic E-state index is 0.0134. The number of nitrogens with two attached hydrogens (primary N) is 2. The first kappa shape index (κ1) is 21.4. The van der Waals surface area contributed by atoms with Gasteiger partial charge >= 0.3 is 0 Å². The van der Waals surface area contributed by atoms with Crippen molar-refractivity contribution < 1.29 is 0 Å². The van der Waals surface area contributed by atoms with Crippen LogP contribution in [0.2, 0.25) is 0 Å². The van der Waals surface area contributed by atoms with Crippen molar-refractivity contribution in [1.29, 1.82) is 10.5 Å². The lowest BCUT2D eigenvalue weighted by molar-refractivity contribution is 0.579. The van der Waals surface area contributed by atoms with Crippen LogP contribution in [0.1, 0.15) is 29.7 Å². The number of pyridine rings is 1. The molecular weight excluding hydrogens is 420 g/mol. The number of nitrogen functional groups attached to an aromatic ring is 2. The van der Waals surface area contributed by atoms with Crippen LogP contribution in [0.4, 0.5) is 23.0 Å². The molecule has 166 valence electrons. The predicted octanol–water partition coefficient (Wildman–Crippen LogP) is 1.18. The number of nitrogens with zero attached hydrogens (tertiary/aromatic N) is 8. The van der Waals surface area contributed by atoms with Crippen LogP contribution in [0.25, 0.3) is 0 Å². The maximum absolute atomic E-state index is 9.46. The zero-order valence-electron chi connectivity index (χ0n) is 17.9. The minimum Gasteiger partial charge on any atom is -0.397 e. The van der Waals surface area contributed by atoms with Gasteiger partial charge in [-0.05, 0) is 24.6 Å². The highest BCUT2D eigenvalue weighted by Crippen LogP contribution is 2.40. The standard InChI is InChI=1S/C21H22N12/c1-2-32(9-10-33-8-7-27-31-33)14-5-3-13(4-6-14)18-16-17(24)15(11-22)19(25)29-20(16)30-21(28-18)26-12-23/h3-8,18H,2,9-10H2,1H3,(H6,24,25,26,28,29,30). The summed E-state index contributed by atoms with van der Waals surface area (Å²) in [4.78, 5) is 11.1. The number of anilines is 4. The van der Waals surface area contributed by atoms with Gasteiger partial charge in [0.2, 0.25) is 5.96 Å². The number of benzene rings is 1. The van der Waals surface area contributed by atoms with Crippen molar-refractivity contribution in [3.8, 4) is 12.3 Å². The smallest absolute Gasteiger partial charge is 0.211 e. The van der Waals surface area contributed by atoms with Gasteiger partial charge in [-0.3, -0.25) is 10.00 Å². The SMILES string of the molecule is CCN(CCn1ccnn1)c1ccc(C2N=C(NC#N)Nc3nc(N)c(C#N)c(N)c32)cc1. The molecule has 3 aromatic rings. The minimum atomic E-state index is -0.573. The second-order valence-corrected chi connectivity index (χ2v) is 7.24. The Morgan fingerprint density at radius 2 is 2.03 bits per heavy atom. The van der Waals surface area contributed by atoms with Crippen LogP contribution in [-0.4, -0.2) is 39.0 Å². The Hall–Kier alpha value is -4.84. The number of aliphatic imine (C=N–C) groups is 1. The van der Waals surface area contributed by atoms with Gasteiger partial charge in [0.15, 0.2) is 6.19 Å². The van der Waals surface area contributed by atoms with E-state index in [0.29, 0.717) is 17.9 Å². The zero-order valence-corrected chi connectivity index (χ0v) is 17.9. The molecule has 0 amide bonds. The quantitative estimate of drug-likeness (QED) is 0.319. The molecule has 33 heavy (non-hydrogen) atoms. The molecule has 0 saturated carbocycles. The van der Waals surface area contributed by atoms with Gasteiger partial charge in [0, 0.05) is 30.5 Å². The van der Waals surface area contributed by atoms with E-state index in [1.807, 2.05) is 42.7 Å². The van der Waals surface area contributed by atoms with Gasteiger partial charge in [0.05, 0.1) is 18.4 Å². The van der Waals surface area contributed by atoms with Gasteiger partial charge in [-0.2, -0.15) is 10.5 Å². The van der Waals surface area contributed by atoms with Crippen molar-refractivity contribution >= 4 is 29.0 Å². The normalized spacial score (nSPS) is 14.3. The van der Waals surface area contributed by atoms with Gasteiger partial charge in [-0.25, -0.2) is 9.98 Å². The molecule has 0 fully saturated rings. The van der Waals surface area contributed by atoms with Gasteiger partial charge in [-0.15, -0.1) is 5.10 Å². The fourth-order valence-corrected chi connectivity index (χ4v) is 3.73. The van der Waals surface area contributed by atoms with Crippen LogP contribution in [-0.2, 0) is 6.54 Å². The Kier molecular flexibility index (Phi) is 5.91. The molecule has 1 aliphatic rings. The first-order valence-electron chi connectivity index (χ1n) is 10.2. The molecule has 0 bridgehead atoms. The molecule has 0 aliphatic carbocycles. The second kappa shape index (κ2) is 9.11. The summed E-state index contributed by atoms with van der Waals surface area (Å²) in [5.41, 5.74) is 14.9. The van der Waals surface area contributed by atoms with Gasteiger partial charge in [0.1, 0.15) is 29.3 Å². The van der Waals surface area contributed by atoms with E-state index in [9.17, 15) is 5.26 Å². The maximum Gasteiger partial charge on any atom is 0.211 e. The number of aromatic nitrogens is 4. The Bertz CT molecular complexity index is 1250. The summed E-state index contributed by atoms with van der Waals surface area (Å²) >= 11 is 0. The molecule has 4 rings (SSSR count). The lowest BCUT2D eigenvalue weighted by atomic mass is 9.95. The van der Waals surface area contributed by atoms with E-state index in [-0.39, 0.29) is 23.0 Å². The number of guanidine groups is 1. The summed E-state index contributed by atoms with van der Waals surface area (Å²) in [6, 6.07) is 9.33. The fraction of sp³-hybridized carbons (Fsp3) is 0.238. The Labute approximate surface area is 190 Å². The molecule has 0 saturated heterocycles. The van der Waals surface area contributed by atoms with Gasteiger partial charge in [-0.1, -0.05) is 17.3 Å². The third kappa shape index (κ3) is 4.18. The van der Waals surface area contributed by atoms with Crippen molar-refractivity contribution in [2.75, 3.05) is 34.8 Å². The van der Waals surface area contributed by atoms with Crippen molar-refractivity contribution in [1.82, 2.24) is 25.3 Å². The van der Waals surface area contributed by atoms with E-state index in [0.717, 1.165) is 24.3 Å². The van der Waals surface area contributed by atoms with Crippen molar-refractivity contribution in [2.24, 2.45) is 4.99 Å². The monoisotopic (exact) mass is 442 g/mol. The first-order chi connectivity index (χ1) is 16.0. The summed E-state index contributed by atoms with van der Waals surface area (Å²) in [6.45, 7) is 4.39. The average molecular weight is 442 g/mol. The summed E-state index contributed by atoms with van der Waals surface area (Å²) in [5, 5.41) is 31.8. The molecule has 0 spiro atoms. The van der Waals surface area contributed by atoms with E-state index in [1.54, 1.807) is 10.9 Å². The average Bonchev–Trinajstić information content (AvgIpc) is 3.33. The molecule has 6 N–H and O–H groups in total. The number of likely N-dealkylation sites (N-methyl/N-ethyl adjacent to an activating group) is 1. The number of nitrogens with one attached hydrogen (secondary N) is 2. The molecule has 2 aromatic heterocycles. The van der Waals surface area contributed by atoms with Crippen LogP contribution in [0.3, 0.4) is 0 Å². The Morgan fingerprint density at radius 3 is 2.67 bits per heavy atom. The fourth-order valence-electron chi connectivity index (χ4n) is 3.73. The third-order valence-corrected chi connectivity index (χ3v) is 5.38.